The van der Waals surface area contributed by atoms with E-state index in [0.717, 1.165) is 57.8 Å². The van der Waals surface area contributed by atoms with E-state index in [2.05, 4.69) is 48.6 Å². The Kier molecular flexibility index (Phi) is 7.73. The van der Waals surface area contributed by atoms with Gasteiger partial charge < -0.3 is 10.4 Å². The van der Waals surface area contributed by atoms with Crippen LogP contribution in [-0.2, 0) is 5.60 Å². The normalized spacial score (nSPS) is 19.6. The molecule has 0 radical (unpaired) electrons. The number of hydrogen-bond donors (Lipinski definition) is 2. The summed E-state index contributed by atoms with van der Waals surface area (Å²) in [4.78, 5) is 9.62. The van der Waals surface area contributed by atoms with Gasteiger partial charge in [0.2, 0.25) is 0 Å². The zero-order chi connectivity index (χ0) is 23.5. The first-order valence-corrected chi connectivity index (χ1v) is 12.4. The summed E-state index contributed by atoms with van der Waals surface area (Å²) in [5.74, 6) is 1.16. The highest BCUT2D eigenvalue weighted by atomic mass is 32.1. The summed E-state index contributed by atoms with van der Waals surface area (Å²) < 4.78 is 1.13. The van der Waals surface area contributed by atoms with Gasteiger partial charge in [-0.25, -0.2) is 4.98 Å². The molecule has 0 saturated heterocycles. The molecule has 172 valence electrons. The van der Waals surface area contributed by atoms with Gasteiger partial charge in [-0.2, -0.15) is 0 Å². The molecular weight excluding hydrogens is 414 g/mol. The van der Waals surface area contributed by atoms with Gasteiger partial charge in [0, 0.05) is 22.9 Å². The topological polar surface area (TPSA) is 57.5 Å². The van der Waals surface area contributed by atoms with E-state index in [1.54, 1.807) is 11.3 Å². The second-order valence-electron chi connectivity index (χ2n) is 9.48. The first-order chi connectivity index (χ1) is 15.1. The van der Waals surface area contributed by atoms with Crippen LogP contribution in [0.25, 0.3) is 10.2 Å². The third kappa shape index (κ3) is 5.76. The zero-order valence-electron chi connectivity index (χ0n) is 20.2. The van der Waals surface area contributed by atoms with Gasteiger partial charge in [-0.3, -0.25) is 4.99 Å². The van der Waals surface area contributed by atoms with Crippen LogP contribution in [0.4, 0.5) is 5.69 Å². The SMILES string of the molecule is C=CC1CCC(c2nc3cc(C(C)(C)O)c(NC(=C)/C(=C/CC)N=C(C)C)cc3s2)CC1. The van der Waals surface area contributed by atoms with Gasteiger partial charge in [0.15, 0.2) is 0 Å². The highest BCUT2D eigenvalue weighted by Gasteiger charge is 2.26. The number of hydrogen-bond acceptors (Lipinski definition) is 5. The molecule has 0 unspecified atom stereocenters. The quantitative estimate of drug-likeness (QED) is 0.246. The standard InChI is InChI=1S/C27H37N3OS/c1-8-10-22(28-17(3)4)18(5)29-23-16-25-24(15-21(23)27(6,7)31)30-26(32-25)20-13-11-19(9-2)12-14-20/h9-10,15-16,19-20,29,31H,2,5,8,11-14H2,1,3-4,6-7H3/b22-10-. The van der Waals surface area contributed by atoms with Crippen molar-refractivity contribution in [2.24, 2.45) is 10.9 Å². The Morgan fingerprint density at radius 3 is 2.53 bits per heavy atom. The maximum Gasteiger partial charge on any atom is 0.0969 e. The monoisotopic (exact) mass is 451 g/mol. The van der Waals surface area contributed by atoms with Gasteiger partial charge in [-0.15, -0.1) is 17.9 Å². The molecule has 0 amide bonds. The number of nitrogens with one attached hydrogen (secondary N) is 1. The van der Waals surface area contributed by atoms with Crippen LogP contribution in [0.15, 0.2) is 53.8 Å². The molecule has 0 atom stereocenters. The maximum absolute atomic E-state index is 10.9. The molecule has 1 aliphatic carbocycles. The number of aliphatic hydroxyl groups is 1. The summed E-state index contributed by atoms with van der Waals surface area (Å²) in [7, 11) is 0. The van der Waals surface area contributed by atoms with E-state index < -0.39 is 5.60 Å². The van der Waals surface area contributed by atoms with Gasteiger partial charge in [0.1, 0.15) is 0 Å². The predicted molar refractivity (Wildman–Crippen MR) is 140 cm³/mol. The zero-order valence-corrected chi connectivity index (χ0v) is 21.0. The summed E-state index contributed by atoms with van der Waals surface area (Å²) in [6.45, 7) is 17.9. The minimum absolute atomic E-state index is 0.515. The van der Waals surface area contributed by atoms with Crippen LogP contribution < -0.4 is 5.32 Å². The second kappa shape index (κ2) is 10.1. The lowest BCUT2D eigenvalue weighted by Crippen LogP contribution is -2.18. The summed E-state index contributed by atoms with van der Waals surface area (Å²) in [6, 6.07) is 4.13. The van der Waals surface area contributed by atoms with Crippen molar-refractivity contribution in [1.29, 1.82) is 0 Å². The number of aromatic nitrogens is 1. The van der Waals surface area contributed by atoms with Crippen LogP contribution in [0, 0.1) is 5.92 Å². The van der Waals surface area contributed by atoms with E-state index >= 15 is 0 Å². The molecule has 1 aromatic heterocycles. The highest BCUT2D eigenvalue weighted by molar-refractivity contribution is 7.18. The Hall–Kier alpha value is -2.24. The molecule has 1 aromatic carbocycles. The average Bonchev–Trinajstić information content (AvgIpc) is 3.15. The number of thiazole rings is 1. The Morgan fingerprint density at radius 1 is 1.28 bits per heavy atom. The van der Waals surface area contributed by atoms with Crippen LogP contribution in [0.2, 0.25) is 0 Å². The van der Waals surface area contributed by atoms with E-state index in [4.69, 9.17) is 4.98 Å². The molecule has 1 heterocycles. The summed E-state index contributed by atoms with van der Waals surface area (Å²) >= 11 is 1.77. The number of aliphatic imine (C=N–C) groups is 1. The van der Waals surface area contributed by atoms with Gasteiger partial charge in [0.25, 0.3) is 0 Å². The fourth-order valence-electron chi connectivity index (χ4n) is 4.27. The molecule has 2 N–H and O–H groups in total. The number of rotatable bonds is 8. The fraction of sp³-hybridized carbons (Fsp3) is 0.481. The van der Waals surface area contributed by atoms with Crippen LogP contribution in [0.1, 0.15) is 83.2 Å². The third-order valence-corrected chi connectivity index (χ3v) is 7.17. The summed E-state index contributed by atoms with van der Waals surface area (Å²) in [5, 5.41) is 15.5. The Morgan fingerprint density at radius 2 is 1.97 bits per heavy atom. The first-order valence-electron chi connectivity index (χ1n) is 11.6. The van der Waals surface area contributed by atoms with Crippen molar-refractivity contribution in [3.63, 3.8) is 0 Å². The van der Waals surface area contributed by atoms with E-state index in [0.29, 0.717) is 11.8 Å². The van der Waals surface area contributed by atoms with Crippen molar-refractivity contribution in [2.45, 2.75) is 78.2 Å². The first kappa shape index (κ1) is 24.4. The fourth-order valence-corrected chi connectivity index (χ4v) is 5.43. The molecule has 1 fully saturated rings. The van der Waals surface area contributed by atoms with Crippen LogP contribution >= 0.6 is 11.3 Å². The molecule has 1 saturated carbocycles. The molecule has 2 aromatic rings. The van der Waals surface area contributed by atoms with Gasteiger partial charge in [-0.05, 0) is 77.8 Å². The number of anilines is 1. The Labute approximate surface area is 196 Å². The Bertz CT molecular complexity index is 1040. The lowest BCUT2D eigenvalue weighted by Gasteiger charge is -2.24. The minimum Gasteiger partial charge on any atom is -0.386 e. The van der Waals surface area contributed by atoms with E-state index in [9.17, 15) is 5.11 Å². The van der Waals surface area contributed by atoms with Crippen molar-refractivity contribution in [1.82, 2.24) is 4.98 Å². The summed E-state index contributed by atoms with van der Waals surface area (Å²) in [6.07, 6.45) is 9.74. The van der Waals surface area contributed by atoms with Crippen molar-refractivity contribution in [2.75, 3.05) is 5.32 Å². The lowest BCUT2D eigenvalue weighted by atomic mass is 9.82. The maximum atomic E-state index is 10.9. The van der Waals surface area contributed by atoms with Crippen molar-refractivity contribution in [3.8, 4) is 0 Å². The molecule has 5 heteroatoms. The van der Waals surface area contributed by atoms with Crippen LogP contribution in [-0.4, -0.2) is 15.8 Å². The Balaban J connectivity index is 1.96. The largest absolute Gasteiger partial charge is 0.386 e. The van der Waals surface area contributed by atoms with Gasteiger partial charge in [-0.1, -0.05) is 25.7 Å². The van der Waals surface area contributed by atoms with E-state index in [1.165, 1.54) is 17.8 Å². The van der Waals surface area contributed by atoms with E-state index in [-0.39, 0.29) is 0 Å². The van der Waals surface area contributed by atoms with Crippen LogP contribution in [0.5, 0.6) is 0 Å². The molecule has 1 aliphatic rings. The molecular formula is C27H37N3OS. The van der Waals surface area contributed by atoms with Crippen molar-refractivity contribution < 1.29 is 5.11 Å². The smallest absolute Gasteiger partial charge is 0.0969 e. The van der Waals surface area contributed by atoms with Crippen LogP contribution in [0.3, 0.4) is 0 Å². The number of allylic oxidation sites excluding steroid dienone is 2. The number of benzene rings is 1. The summed E-state index contributed by atoms with van der Waals surface area (Å²) in [5.41, 5.74) is 4.14. The molecule has 0 bridgehead atoms. The van der Waals surface area contributed by atoms with Crippen molar-refractivity contribution >= 4 is 33.0 Å². The highest BCUT2D eigenvalue weighted by Crippen LogP contribution is 2.41. The molecule has 3 rings (SSSR count). The number of fused-ring (bicyclic) bond motifs is 1. The van der Waals surface area contributed by atoms with Gasteiger partial charge >= 0.3 is 0 Å². The number of nitrogens with zero attached hydrogens (tertiary/aromatic N) is 2. The molecule has 32 heavy (non-hydrogen) atoms. The molecule has 0 aliphatic heterocycles. The third-order valence-electron chi connectivity index (χ3n) is 5.99. The van der Waals surface area contributed by atoms with Crippen molar-refractivity contribution in [3.05, 3.63) is 59.4 Å². The lowest BCUT2D eigenvalue weighted by molar-refractivity contribution is 0.0795. The molecule has 4 nitrogen and oxygen atoms in total. The minimum atomic E-state index is -1.01. The van der Waals surface area contributed by atoms with E-state index in [1.807, 2.05) is 33.8 Å². The average molecular weight is 452 g/mol. The predicted octanol–water partition coefficient (Wildman–Crippen LogP) is 7.68. The second-order valence-corrected chi connectivity index (χ2v) is 10.5. The van der Waals surface area contributed by atoms with Gasteiger partial charge in [0.05, 0.1) is 32.2 Å². The molecule has 0 spiro atoms.